The lowest BCUT2D eigenvalue weighted by Crippen LogP contribution is -2.57. The van der Waals surface area contributed by atoms with Crippen LogP contribution in [0.1, 0.15) is 64.2 Å². The van der Waals surface area contributed by atoms with Crippen molar-refractivity contribution in [1.82, 2.24) is 31.9 Å². The predicted octanol–water partition coefficient (Wildman–Crippen LogP) is 1.53. The SMILES string of the molecule is C1=CC2(C1)CCNCC2.C1CC2(C1)CCNCC2.C1CC2NCCOC2CN1.C1CC2OCCNC2CN1. The zero-order valence-electron chi connectivity index (χ0n) is 23.8. The van der Waals surface area contributed by atoms with Crippen LogP contribution in [0.2, 0.25) is 0 Å². The van der Waals surface area contributed by atoms with Crippen LogP contribution in [0, 0.1) is 10.8 Å². The van der Waals surface area contributed by atoms with Crippen LogP contribution in [0.25, 0.3) is 0 Å². The molecule has 8 nitrogen and oxygen atoms in total. The number of morpholine rings is 2. The van der Waals surface area contributed by atoms with E-state index in [1.54, 1.807) is 0 Å². The second kappa shape index (κ2) is 14.9. The molecular weight excluding hydrogens is 476 g/mol. The molecule has 7 fully saturated rings. The molecule has 6 heterocycles. The lowest BCUT2D eigenvalue weighted by atomic mass is 9.63. The molecule has 1 saturated carbocycles. The zero-order valence-corrected chi connectivity index (χ0v) is 23.8. The summed E-state index contributed by atoms with van der Waals surface area (Å²) in [6, 6.07) is 1.19. The quantitative estimate of drug-likeness (QED) is 0.262. The lowest BCUT2D eigenvalue weighted by Gasteiger charge is -2.45. The first-order valence-corrected chi connectivity index (χ1v) is 16.0. The highest BCUT2D eigenvalue weighted by Gasteiger charge is 2.37. The molecule has 0 amide bonds. The molecule has 0 radical (unpaired) electrons. The molecule has 8 heteroatoms. The van der Waals surface area contributed by atoms with E-state index in [4.69, 9.17) is 9.47 Å². The highest BCUT2D eigenvalue weighted by molar-refractivity contribution is 5.14. The third-order valence-electron chi connectivity index (χ3n) is 10.2. The molecule has 0 aromatic carbocycles. The summed E-state index contributed by atoms with van der Waals surface area (Å²) in [5.74, 6) is 0. The Morgan fingerprint density at radius 2 is 1.21 bits per heavy atom. The molecule has 4 unspecified atom stereocenters. The topological polar surface area (TPSA) is 90.6 Å². The number of hydrogen-bond acceptors (Lipinski definition) is 8. The fourth-order valence-corrected chi connectivity index (χ4v) is 7.27. The average molecular weight is 533 g/mol. The van der Waals surface area contributed by atoms with Crippen molar-refractivity contribution in [1.29, 1.82) is 0 Å². The number of allylic oxidation sites excluding steroid dienone is 2. The predicted molar refractivity (Wildman–Crippen MR) is 155 cm³/mol. The van der Waals surface area contributed by atoms with Crippen LogP contribution < -0.4 is 31.9 Å². The van der Waals surface area contributed by atoms with Gasteiger partial charge in [-0.1, -0.05) is 18.6 Å². The van der Waals surface area contributed by atoms with Gasteiger partial charge in [0.15, 0.2) is 0 Å². The van der Waals surface area contributed by atoms with Crippen LogP contribution in [-0.4, -0.2) is 103 Å². The first-order valence-electron chi connectivity index (χ1n) is 16.0. The second-order valence-electron chi connectivity index (χ2n) is 12.7. The number of hydrogen-bond donors (Lipinski definition) is 6. The number of ether oxygens (including phenoxy) is 2. The van der Waals surface area contributed by atoms with Crippen LogP contribution in [0.4, 0.5) is 0 Å². The van der Waals surface area contributed by atoms with Gasteiger partial charge in [0.2, 0.25) is 0 Å². The van der Waals surface area contributed by atoms with Gasteiger partial charge < -0.3 is 41.4 Å². The summed E-state index contributed by atoms with van der Waals surface area (Å²) >= 11 is 0. The van der Waals surface area contributed by atoms with E-state index in [2.05, 4.69) is 44.1 Å². The molecule has 38 heavy (non-hydrogen) atoms. The molecule has 0 aromatic rings. The fraction of sp³-hybridized carbons (Fsp3) is 0.933. The van der Waals surface area contributed by atoms with Crippen molar-refractivity contribution >= 4 is 0 Å². The fourth-order valence-electron chi connectivity index (χ4n) is 7.27. The van der Waals surface area contributed by atoms with E-state index in [0.29, 0.717) is 29.7 Å². The molecule has 6 N–H and O–H groups in total. The van der Waals surface area contributed by atoms with Gasteiger partial charge in [0, 0.05) is 38.3 Å². The maximum atomic E-state index is 5.58. The van der Waals surface area contributed by atoms with Gasteiger partial charge in [-0.25, -0.2) is 0 Å². The van der Waals surface area contributed by atoms with Crippen LogP contribution in [0.15, 0.2) is 12.2 Å². The maximum absolute atomic E-state index is 5.58. The highest BCUT2D eigenvalue weighted by Crippen LogP contribution is 2.47. The van der Waals surface area contributed by atoms with Crippen molar-refractivity contribution in [3.63, 3.8) is 0 Å². The molecule has 4 atom stereocenters. The van der Waals surface area contributed by atoms with Gasteiger partial charge in [0.1, 0.15) is 0 Å². The minimum absolute atomic E-state index is 0.433. The first kappa shape index (κ1) is 28.9. The molecule has 2 aliphatic carbocycles. The summed E-state index contributed by atoms with van der Waals surface area (Å²) in [6.07, 6.45) is 19.5. The summed E-state index contributed by atoms with van der Waals surface area (Å²) in [4.78, 5) is 0. The van der Waals surface area contributed by atoms with E-state index >= 15 is 0 Å². The van der Waals surface area contributed by atoms with Crippen molar-refractivity contribution in [2.45, 2.75) is 88.5 Å². The van der Waals surface area contributed by atoms with E-state index in [9.17, 15) is 0 Å². The van der Waals surface area contributed by atoms with Gasteiger partial charge in [-0.2, -0.15) is 0 Å². The third kappa shape index (κ3) is 8.23. The van der Waals surface area contributed by atoms with Crippen LogP contribution in [0.3, 0.4) is 0 Å². The Morgan fingerprint density at radius 3 is 1.76 bits per heavy atom. The smallest absolute Gasteiger partial charge is 0.0853 e. The third-order valence-corrected chi connectivity index (χ3v) is 10.2. The van der Waals surface area contributed by atoms with Crippen molar-refractivity contribution in [2.24, 2.45) is 10.8 Å². The van der Waals surface area contributed by atoms with E-state index in [0.717, 1.165) is 64.3 Å². The minimum Gasteiger partial charge on any atom is -0.375 e. The Bertz CT molecular complexity index is 623. The normalized spacial score (nSPS) is 36.2. The van der Waals surface area contributed by atoms with Gasteiger partial charge in [-0.15, -0.1) is 0 Å². The van der Waals surface area contributed by atoms with E-state index in [-0.39, 0.29) is 0 Å². The van der Waals surface area contributed by atoms with Gasteiger partial charge in [0.25, 0.3) is 0 Å². The number of fused-ring (bicyclic) bond motifs is 2. The number of nitrogens with one attached hydrogen (secondary N) is 6. The molecule has 6 aliphatic heterocycles. The van der Waals surface area contributed by atoms with E-state index in [1.165, 1.54) is 84.0 Å². The molecule has 6 saturated heterocycles. The molecule has 0 aromatic heterocycles. The van der Waals surface area contributed by atoms with Crippen LogP contribution >= 0.6 is 0 Å². The Kier molecular flexibility index (Phi) is 11.3. The monoisotopic (exact) mass is 532 g/mol. The summed E-state index contributed by atoms with van der Waals surface area (Å²) in [5, 5.41) is 20.3. The van der Waals surface area contributed by atoms with E-state index < -0.39 is 0 Å². The maximum Gasteiger partial charge on any atom is 0.0853 e. The minimum atomic E-state index is 0.433. The summed E-state index contributed by atoms with van der Waals surface area (Å²) < 4.78 is 11.1. The number of piperidine rings is 4. The average Bonchev–Trinajstić information content (AvgIpc) is 2.98. The van der Waals surface area contributed by atoms with Gasteiger partial charge in [0.05, 0.1) is 25.4 Å². The molecule has 2 spiro atoms. The molecule has 8 aliphatic rings. The summed E-state index contributed by atoms with van der Waals surface area (Å²) in [7, 11) is 0. The van der Waals surface area contributed by atoms with Crippen LogP contribution in [-0.2, 0) is 9.47 Å². The van der Waals surface area contributed by atoms with Gasteiger partial charge >= 0.3 is 0 Å². The molecule has 0 bridgehead atoms. The Morgan fingerprint density at radius 1 is 0.579 bits per heavy atom. The largest absolute Gasteiger partial charge is 0.375 e. The van der Waals surface area contributed by atoms with Crippen LogP contribution in [0.5, 0.6) is 0 Å². The van der Waals surface area contributed by atoms with Gasteiger partial charge in [-0.3, -0.25) is 0 Å². The van der Waals surface area contributed by atoms with Gasteiger partial charge in [-0.05, 0) is 108 Å². The van der Waals surface area contributed by atoms with Crippen molar-refractivity contribution in [3.05, 3.63) is 12.2 Å². The zero-order chi connectivity index (χ0) is 25.9. The number of rotatable bonds is 0. The molecule has 8 rings (SSSR count). The Labute approximate surface area is 231 Å². The summed E-state index contributed by atoms with van der Waals surface area (Å²) in [6.45, 7) is 13.2. The molecule has 218 valence electrons. The Hall–Kier alpha value is -0.580. The van der Waals surface area contributed by atoms with E-state index in [1.807, 2.05) is 0 Å². The van der Waals surface area contributed by atoms with Crippen molar-refractivity contribution in [2.75, 3.05) is 78.7 Å². The van der Waals surface area contributed by atoms with Crippen molar-refractivity contribution in [3.8, 4) is 0 Å². The molecular formula is C30H56N6O2. The first-order chi connectivity index (χ1) is 18.8. The standard InChI is InChI=1S/C8H15N.C8H13N.2C7H14N2O/c2*1-2-8(3-1)4-6-9-7-5-8;1-2-8-5-6-7(1)10-4-3-9-6;1-2-8-5-7-6(1)9-3-4-10-7/h9H,1-7H2;1-2,9H,3-7H2;2*6-9H,1-5H2. The highest BCUT2D eigenvalue weighted by atomic mass is 16.5. The van der Waals surface area contributed by atoms with Crippen molar-refractivity contribution < 1.29 is 9.47 Å². The summed E-state index contributed by atoms with van der Waals surface area (Å²) in [5.41, 5.74) is 1.50. The Balaban J connectivity index is 0.000000103. The lowest BCUT2D eigenvalue weighted by molar-refractivity contribution is -0.0180. The second-order valence-corrected chi connectivity index (χ2v) is 12.7.